The van der Waals surface area contributed by atoms with Gasteiger partial charge in [-0.05, 0) is 18.9 Å². The van der Waals surface area contributed by atoms with Crippen LogP contribution in [0.3, 0.4) is 0 Å². The van der Waals surface area contributed by atoms with Gasteiger partial charge in [0.1, 0.15) is 4.90 Å². The minimum atomic E-state index is -3.84. The highest BCUT2D eigenvalue weighted by Gasteiger charge is 2.27. The summed E-state index contributed by atoms with van der Waals surface area (Å²) in [6.07, 6.45) is 3.99. The molecule has 10 heteroatoms. The van der Waals surface area contributed by atoms with Crippen molar-refractivity contribution in [3.63, 3.8) is 0 Å². The number of carbonyl (C=O) groups is 1. The number of pyridine rings is 1. The van der Waals surface area contributed by atoms with Crippen LogP contribution in [0.1, 0.15) is 28.2 Å². The summed E-state index contributed by atoms with van der Waals surface area (Å²) >= 11 is 0. The Balaban J connectivity index is 1.80. The van der Waals surface area contributed by atoms with Crippen LogP contribution in [-0.2, 0) is 29.9 Å². The second kappa shape index (κ2) is 5.70. The van der Waals surface area contributed by atoms with Gasteiger partial charge in [0.25, 0.3) is 0 Å². The van der Waals surface area contributed by atoms with E-state index in [9.17, 15) is 13.2 Å². The monoisotopic (exact) mass is 337 g/mol. The molecule has 23 heavy (non-hydrogen) atoms. The Kier molecular flexibility index (Phi) is 3.86. The standard InChI is InChI=1S/C13H15N5O4S/c1-18-12-3-2-9(5-11(12)15-17-18)16-23(21,22)10-4-8(13(19)20)6-14-7-10/h4,6-7,9,16H,2-3,5H2,1H3,(H,19,20). The van der Waals surface area contributed by atoms with Gasteiger partial charge in [-0.25, -0.2) is 17.9 Å². The van der Waals surface area contributed by atoms with Gasteiger partial charge in [0.15, 0.2) is 0 Å². The Bertz CT molecular complexity index is 861. The van der Waals surface area contributed by atoms with Crippen molar-refractivity contribution in [1.82, 2.24) is 24.7 Å². The van der Waals surface area contributed by atoms with Crippen LogP contribution < -0.4 is 4.72 Å². The maximum absolute atomic E-state index is 12.4. The molecule has 0 aliphatic heterocycles. The second-order valence-electron chi connectivity index (χ2n) is 5.38. The third-order valence-electron chi connectivity index (χ3n) is 3.78. The van der Waals surface area contributed by atoms with Crippen LogP contribution in [0.4, 0.5) is 0 Å². The molecular formula is C13H15N5O4S. The number of aryl methyl sites for hydroxylation is 1. The van der Waals surface area contributed by atoms with Crippen LogP contribution >= 0.6 is 0 Å². The predicted molar refractivity (Wildman–Crippen MR) is 78.3 cm³/mol. The lowest BCUT2D eigenvalue weighted by molar-refractivity contribution is 0.0696. The van der Waals surface area contributed by atoms with Gasteiger partial charge in [0.05, 0.1) is 17.0 Å². The molecule has 2 heterocycles. The highest BCUT2D eigenvalue weighted by atomic mass is 32.2. The predicted octanol–water partition coefficient (Wildman–Crippen LogP) is -0.256. The van der Waals surface area contributed by atoms with Gasteiger partial charge in [0, 0.05) is 31.9 Å². The number of nitrogens with zero attached hydrogens (tertiary/aromatic N) is 4. The SMILES string of the molecule is Cn1nnc2c1CCC(NS(=O)(=O)c1cncc(C(=O)O)c1)C2. The van der Waals surface area contributed by atoms with E-state index < -0.39 is 16.0 Å². The molecule has 0 fully saturated rings. The largest absolute Gasteiger partial charge is 0.478 e. The maximum atomic E-state index is 12.4. The smallest absolute Gasteiger partial charge is 0.337 e. The van der Waals surface area contributed by atoms with Crippen molar-refractivity contribution in [3.8, 4) is 0 Å². The molecule has 9 nitrogen and oxygen atoms in total. The highest BCUT2D eigenvalue weighted by molar-refractivity contribution is 7.89. The van der Waals surface area contributed by atoms with Crippen LogP contribution in [0.2, 0.25) is 0 Å². The molecule has 3 rings (SSSR count). The first-order chi connectivity index (χ1) is 10.9. The van der Waals surface area contributed by atoms with Gasteiger partial charge in [-0.2, -0.15) is 0 Å². The lowest BCUT2D eigenvalue weighted by atomic mass is 9.97. The van der Waals surface area contributed by atoms with Crippen molar-refractivity contribution >= 4 is 16.0 Å². The second-order valence-corrected chi connectivity index (χ2v) is 7.10. The number of aromatic nitrogens is 4. The normalized spacial score (nSPS) is 17.7. The third-order valence-corrected chi connectivity index (χ3v) is 5.27. The molecule has 0 bridgehead atoms. The molecule has 0 amide bonds. The number of rotatable bonds is 4. The van der Waals surface area contributed by atoms with Crippen LogP contribution in [0.15, 0.2) is 23.4 Å². The Labute approximate surface area is 132 Å². The molecule has 2 aromatic rings. The van der Waals surface area contributed by atoms with Crippen LogP contribution in [0.25, 0.3) is 0 Å². The van der Waals surface area contributed by atoms with E-state index >= 15 is 0 Å². The Morgan fingerprint density at radius 1 is 1.43 bits per heavy atom. The number of hydrogen-bond acceptors (Lipinski definition) is 6. The first kappa shape index (κ1) is 15.6. The lowest BCUT2D eigenvalue weighted by Gasteiger charge is -2.22. The Morgan fingerprint density at radius 3 is 2.96 bits per heavy atom. The summed E-state index contributed by atoms with van der Waals surface area (Å²) < 4.78 is 29.1. The van der Waals surface area contributed by atoms with E-state index in [1.165, 1.54) is 0 Å². The summed E-state index contributed by atoms with van der Waals surface area (Å²) in [4.78, 5) is 14.5. The zero-order chi connectivity index (χ0) is 16.6. The molecule has 0 spiro atoms. The molecule has 0 radical (unpaired) electrons. The molecular weight excluding hydrogens is 322 g/mol. The molecule has 0 aromatic carbocycles. The number of hydrogen-bond donors (Lipinski definition) is 2. The fraction of sp³-hybridized carbons (Fsp3) is 0.385. The van der Waals surface area contributed by atoms with Gasteiger partial charge in [-0.1, -0.05) is 5.21 Å². The first-order valence-electron chi connectivity index (χ1n) is 6.95. The van der Waals surface area contributed by atoms with E-state index in [1.54, 1.807) is 11.7 Å². The van der Waals surface area contributed by atoms with Crippen molar-refractivity contribution in [2.75, 3.05) is 0 Å². The van der Waals surface area contributed by atoms with Crippen molar-refractivity contribution in [3.05, 3.63) is 35.4 Å². The van der Waals surface area contributed by atoms with E-state index in [1.807, 2.05) is 0 Å². The summed E-state index contributed by atoms with van der Waals surface area (Å²) in [5.74, 6) is -1.23. The summed E-state index contributed by atoms with van der Waals surface area (Å²) in [5, 5.41) is 16.9. The molecule has 1 unspecified atom stereocenters. The number of carboxylic acids is 1. The zero-order valence-corrected chi connectivity index (χ0v) is 13.1. The highest BCUT2D eigenvalue weighted by Crippen LogP contribution is 2.20. The Morgan fingerprint density at radius 2 is 2.22 bits per heavy atom. The van der Waals surface area contributed by atoms with Crippen molar-refractivity contribution in [2.24, 2.45) is 7.05 Å². The van der Waals surface area contributed by atoms with E-state index in [0.29, 0.717) is 19.3 Å². The third kappa shape index (κ3) is 3.08. The minimum Gasteiger partial charge on any atom is -0.478 e. The molecule has 2 aromatic heterocycles. The van der Waals surface area contributed by atoms with Crippen molar-refractivity contribution in [1.29, 1.82) is 0 Å². The van der Waals surface area contributed by atoms with Crippen molar-refractivity contribution in [2.45, 2.75) is 30.2 Å². The van der Waals surface area contributed by atoms with E-state index in [4.69, 9.17) is 5.11 Å². The summed E-state index contributed by atoms with van der Waals surface area (Å²) in [5.41, 5.74) is 1.62. The number of nitrogens with one attached hydrogen (secondary N) is 1. The Hall–Kier alpha value is -2.33. The fourth-order valence-electron chi connectivity index (χ4n) is 2.60. The molecule has 122 valence electrons. The van der Waals surface area contributed by atoms with E-state index in [2.05, 4.69) is 20.0 Å². The van der Waals surface area contributed by atoms with E-state index in [-0.39, 0.29) is 16.5 Å². The van der Waals surface area contributed by atoms with Crippen LogP contribution in [-0.4, -0.2) is 45.5 Å². The summed E-state index contributed by atoms with van der Waals surface area (Å²) in [6, 6.07) is 0.784. The van der Waals surface area contributed by atoms with Crippen molar-refractivity contribution < 1.29 is 18.3 Å². The van der Waals surface area contributed by atoms with Gasteiger partial charge in [0.2, 0.25) is 10.0 Å². The van der Waals surface area contributed by atoms with E-state index in [0.717, 1.165) is 29.8 Å². The maximum Gasteiger partial charge on any atom is 0.337 e. The van der Waals surface area contributed by atoms with Gasteiger partial charge < -0.3 is 5.11 Å². The molecule has 0 saturated carbocycles. The van der Waals surface area contributed by atoms with Crippen LogP contribution in [0, 0.1) is 0 Å². The average Bonchev–Trinajstić information content (AvgIpc) is 2.88. The topological polar surface area (TPSA) is 127 Å². The zero-order valence-electron chi connectivity index (χ0n) is 12.3. The van der Waals surface area contributed by atoms with Gasteiger partial charge >= 0.3 is 5.97 Å². The van der Waals surface area contributed by atoms with Gasteiger partial charge in [-0.3, -0.25) is 9.67 Å². The molecule has 1 atom stereocenters. The summed E-state index contributed by atoms with van der Waals surface area (Å²) in [6.45, 7) is 0. The average molecular weight is 337 g/mol. The molecule has 0 saturated heterocycles. The van der Waals surface area contributed by atoms with Gasteiger partial charge in [-0.15, -0.1) is 5.10 Å². The molecule has 2 N–H and O–H groups in total. The minimum absolute atomic E-state index is 0.164. The number of aromatic carboxylic acids is 1. The number of carboxylic acid groups (broad SMARTS) is 1. The van der Waals surface area contributed by atoms with Crippen LogP contribution in [0.5, 0.6) is 0 Å². The lowest BCUT2D eigenvalue weighted by Crippen LogP contribution is -2.39. The molecule has 1 aliphatic rings. The number of sulfonamides is 1. The fourth-order valence-corrected chi connectivity index (χ4v) is 3.86. The molecule has 1 aliphatic carbocycles. The summed E-state index contributed by atoms with van der Waals surface area (Å²) in [7, 11) is -2.04. The first-order valence-corrected chi connectivity index (χ1v) is 8.43. The number of fused-ring (bicyclic) bond motifs is 1. The quantitative estimate of drug-likeness (QED) is 0.787.